The van der Waals surface area contributed by atoms with Crippen LogP contribution in [-0.2, 0) is 22.7 Å². The van der Waals surface area contributed by atoms with Gasteiger partial charge in [0.1, 0.15) is 6.54 Å². The third-order valence-electron chi connectivity index (χ3n) is 6.79. The topological polar surface area (TPSA) is 62.6 Å². The number of imide groups is 1. The van der Waals surface area contributed by atoms with Crippen molar-refractivity contribution in [3.05, 3.63) is 73.1 Å². The minimum atomic E-state index is -0.366. The number of halogens is 3. The van der Waals surface area contributed by atoms with E-state index in [1.807, 2.05) is 33.9 Å². The summed E-state index contributed by atoms with van der Waals surface area (Å²) in [5, 5.41) is 1.33. The van der Waals surface area contributed by atoms with Crippen LogP contribution in [0.3, 0.4) is 0 Å². The lowest BCUT2D eigenvalue weighted by Gasteiger charge is -2.33. The number of aromatic nitrogens is 1. The standard InChI is InChI=1S/C27H24BrCl2N3O3S/c1-16-4-2-3-9-32(16)25(34)15-31-14-18(20-12-19(28)6-8-23(20)31)11-24-26(35)33(27(36)37-24)13-17-5-7-21(29)22(30)10-17/h5-8,10-12,14,16H,2-4,9,13,15H2,1H3/b24-11-/t16-/m1/s1. The Morgan fingerprint density at radius 2 is 1.95 bits per heavy atom. The first-order valence-corrected chi connectivity index (χ1v) is 14.3. The zero-order chi connectivity index (χ0) is 26.3. The van der Waals surface area contributed by atoms with Gasteiger partial charge in [-0.3, -0.25) is 19.3 Å². The minimum Gasteiger partial charge on any atom is -0.338 e. The lowest BCUT2D eigenvalue weighted by Crippen LogP contribution is -2.43. The number of carbonyl (C=O) groups excluding carboxylic acids is 3. The third kappa shape index (κ3) is 5.48. The number of hydrogen-bond donors (Lipinski definition) is 0. The van der Waals surface area contributed by atoms with Gasteiger partial charge in [0.15, 0.2) is 0 Å². The number of hydrogen-bond acceptors (Lipinski definition) is 4. The predicted octanol–water partition coefficient (Wildman–Crippen LogP) is 7.35. The lowest BCUT2D eigenvalue weighted by molar-refractivity contribution is -0.135. The number of rotatable bonds is 5. The highest BCUT2D eigenvalue weighted by Crippen LogP contribution is 2.36. The van der Waals surface area contributed by atoms with E-state index in [0.717, 1.165) is 58.5 Å². The largest absolute Gasteiger partial charge is 0.338 e. The summed E-state index contributed by atoms with van der Waals surface area (Å²) in [5.74, 6) is -0.282. The first-order valence-electron chi connectivity index (χ1n) is 12.0. The summed E-state index contributed by atoms with van der Waals surface area (Å²) in [6.07, 6.45) is 6.82. The van der Waals surface area contributed by atoms with Crippen LogP contribution >= 0.6 is 50.9 Å². The Hall–Kier alpha value is -2.26. The Morgan fingerprint density at radius 1 is 1.14 bits per heavy atom. The van der Waals surface area contributed by atoms with Crippen molar-refractivity contribution in [3.63, 3.8) is 0 Å². The number of likely N-dealkylation sites (tertiary alicyclic amines) is 1. The highest BCUT2D eigenvalue weighted by molar-refractivity contribution is 9.10. The van der Waals surface area contributed by atoms with Gasteiger partial charge < -0.3 is 9.47 Å². The van der Waals surface area contributed by atoms with Crippen LogP contribution in [0.25, 0.3) is 17.0 Å². The van der Waals surface area contributed by atoms with Crippen LogP contribution < -0.4 is 0 Å². The molecule has 2 aliphatic rings. The molecule has 3 aromatic rings. The van der Waals surface area contributed by atoms with E-state index in [9.17, 15) is 14.4 Å². The van der Waals surface area contributed by atoms with E-state index in [-0.39, 0.29) is 36.2 Å². The molecule has 3 heterocycles. The molecular formula is C27H24BrCl2N3O3S. The van der Waals surface area contributed by atoms with E-state index < -0.39 is 0 Å². The van der Waals surface area contributed by atoms with Gasteiger partial charge in [0.25, 0.3) is 11.1 Å². The summed E-state index contributed by atoms with van der Waals surface area (Å²) >= 11 is 16.5. The third-order valence-corrected chi connectivity index (χ3v) is 8.93. The smallest absolute Gasteiger partial charge is 0.293 e. The fraction of sp³-hybridized carbons (Fsp3) is 0.296. The lowest BCUT2D eigenvalue weighted by atomic mass is 10.0. The number of fused-ring (bicyclic) bond motifs is 1. The second-order valence-electron chi connectivity index (χ2n) is 9.32. The summed E-state index contributed by atoms with van der Waals surface area (Å²) < 4.78 is 2.81. The van der Waals surface area contributed by atoms with Crippen molar-refractivity contribution in [2.24, 2.45) is 0 Å². The molecule has 192 valence electrons. The summed E-state index contributed by atoms with van der Waals surface area (Å²) in [4.78, 5) is 42.6. The van der Waals surface area contributed by atoms with Crippen molar-refractivity contribution in [2.75, 3.05) is 6.54 Å². The molecule has 0 unspecified atom stereocenters. The summed E-state index contributed by atoms with van der Waals surface area (Å²) in [7, 11) is 0. The molecule has 0 radical (unpaired) electrons. The molecule has 0 aliphatic carbocycles. The number of amides is 3. The SMILES string of the molecule is C[C@@H]1CCCCN1C(=O)Cn1cc(/C=C2\SC(=O)N(Cc3ccc(Cl)c(Cl)c3)C2=O)c2cc(Br)ccc21. The zero-order valence-electron chi connectivity index (χ0n) is 20.0. The Kier molecular flexibility index (Phi) is 7.73. The monoisotopic (exact) mass is 619 g/mol. The second-order valence-corrected chi connectivity index (χ2v) is 12.0. The Balaban J connectivity index is 1.43. The molecule has 0 N–H and O–H groups in total. The van der Waals surface area contributed by atoms with Crippen LogP contribution in [0, 0.1) is 0 Å². The van der Waals surface area contributed by atoms with Gasteiger partial charge in [-0.15, -0.1) is 0 Å². The maximum Gasteiger partial charge on any atom is 0.293 e. The van der Waals surface area contributed by atoms with Crippen molar-refractivity contribution in [1.29, 1.82) is 0 Å². The van der Waals surface area contributed by atoms with E-state index in [0.29, 0.717) is 20.5 Å². The molecular weight excluding hydrogens is 597 g/mol. The van der Waals surface area contributed by atoms with Crippen LogP contribution in [0.4, 0.5) is 4.79 Å². The van der Waals surface area contributed by atoms with Crippen LogP contribution in [-0.4, -0.2) is 44.0 Å². The van der Waals surface area contributed by atoms with E-state index in [2.05, 4.69) is 22.9 Å². The van der Waals surface area contributed by atoms with Crippen LogP contribution in [0.5, 0.6) is 0 Å². The van der Waals surface area contributed by atoms with Gasteiger partial charge in [0.2, 0.25) is 5.91 Å². The summed E-state index contributed by atoms with van der Waals surface area (Å²) in [6.45, 7) is 3.20. The molecule has 2 saturated heterocycles. The number of thioether (sulfide) groups is 1. The van der Waals surface area contributed by atoms with Gasteiger partial charge in [0.05, 0.1) is 21.5 Å². The highest BCUT2D eigenvalue weighted by atomic mass is 79.9. The molecule has 2 aliphatic heterocycles. The van der Waals surface area contributed by atoms with Crippen LogP contribution in [0.15, 0.2) is 52.0 Å². The molecule has 10 heteroatoms. The van der Waals surface area contributed by atoms with Gasteiger partial charge in [-0.1, -0.05) is 45.2 Å². The summed E-state index contributed by atoms with van der Waals surface area (Å²) in [6, 6.07) is 11.1. The van der Waals surface area contributed by atoms with E-state index in [4.69, 9.17) is 23.2 Å². The molecule has 0 bridgehead atoms. The first kappa shape index (κ1) is 26.4. The number of benzene rings is 2. The maximum atomic E-state index is 13.2. The number of carbonyl (C=O) groups is 3. The second kappa shape index (κ2) is 10.8. The van der Waals surface area contributed by atoms with Crippen molar-refractivity contribution >= 4 is 84.9 Å². The zero-order valence-corrected chi connectivity index (χ0v) is 24.0. The highest BCUT2D eigenvalue weighted by Gasteiger charge is 2.35. The van der Waals surface area contributed by atoms with Gasteiger partial charge >= 0.3 is 0 Å². The molecule has 3 amide bonds. The van der Waals surface area contributed by atoms with Gasteiger partial charge in [0, 0.05) is 39.7 Å². The van der Waals surface area contributed by atoms with Gasteiger partial charge in [-0.2, -0.15) is 0 Å². The number of piperidine rings is 1. The molecule has 2 aromatic carbocycles. The molecule has 0 spiro atoms. The molecule has 1 atom stereocenters. The predicted molar refractivity (Wildman–Crippen MR) is 153 cm³/mol. The molecule has 0 saturated carbocycles. The Labute approximate surface area is 237 Å². The fourth-order valence-electron chi connectivity index (χ4n) is 4.85. The quantitative estimate of drug-likeness (QED) is 0.280. The van der Waals surface area contributed by atoms with E-state index in [1.54, 1.807) is 24.3 Å². The average Bonchev–Trinajstić information content (AvgIpc) is 3.32. The van der Waals surface area contributed by atoms with E-state index in [1.165, 1.54) is 4.90 Å². The maximum absolute atomic E-state index is 13.2. The van der Waals surface area contributed by atoms with Crippen molar-refractivity contribution in [3.8, 4) is 0 Å². The van der Waals surface area contributed by atoms with E-state index >= 15 is 0 Å². The van der Waals surface area contributed by atoms with Crippen molar-refractivity contribution < 1.29 is 14.4 Å². The van der Waals surface area contributed by atoms with Crippen LogP contribution in [0.1, 0.15) is 37.3 Å². The normalized spacial score (nSPS) is 19.5. The average molecular weight is 621 g/mol. The van der Waals surface area contributed by atoms with Crippen LogP contribution in [0.2, 0.25) is 10.0 Å². The Morgan fingerprint density at radius 3 is 2.70 bits per heavy atom. The molecule has 2 fully saturated rings. The fourth-order valence-corrected chi connectivity index (χ4v) is 6.36. The van der Waals surface area contributed by atoms with Crippen molar-refractivity contribution in [1.82, 2.24) is 14.4 Å². The first-order chi connectivity index (χ1) is 17.7. The minimum absolute atomic E-state index is 0.0838. The Bertz CT molecular complexity index is 1450. The molecule has 5 rings (SSSR count). The van der Waals surface area contributed by atoms with Crippen molar-refractivity contribution in [2.45, 2.75) is 45.3 Å². The summed E-state index contributed by atoms with van der Waals surface area (Å²) in [5.41, 5.74) is 2.38. The molecule has 1 aromatic heterocycles. The van der Waals surface area contributed by atoms with Gasteiger partial charge in [-0.25, -0.2) is 0 Å². The number of nitrogens with zero attached hydrogens (tertiary/aromatic N) is 3. The van der Waals surface area contributed by atoms with Gasteiger partial charge in [-0.05, 0) is 79.9 Å². The molecule has 37 heavy (non-hydrogen) atoms. The molecule has 6 nitrogen and oxygen atoms in total.